The molecule has 136 valence electrons. The van der Waals surface area contributed by atoms with Crippen LogP contribution in [-0.2, 0) is 9.59 Å². The third-order valence-corrected chi connectivity index (χ3v) is 3.89. The monoisotopic (exact) mass is 377 g/mol. The molecular formula is C17H16ClN3O5. The van der Waals surface area contributed by atoms with Gasteiger partial charge in [0.15, 0.2) is 0 Å². The maximum absolute atomic E-state index is 12.0. The van der Waals surface area contributed by atoms with Crippen LogP contribution in [0.5, 0.6) is 5.75 Å². The van der Waals surface area contributed by atoms with Gasteiger partial charge in [-0.1, -0.05) is 23.7 Å². The topological polar surface area (TPSA) is 111 Å². The van der Waals surface area contributed by atoms with Crippen molar-refractivity contribution >= 4 is 34.8 Å². The van der Waals surface area contributed by atoms with E-state index in [-0.39, 0.29) is 16.4 Å². The molecule has 0 aromatic heterocycles. The lowest BCUT2D eigenvalue weighted by Gasteiger charge is -2.14. The van der Waals surface area contributed by atoms with E-state index in [1.165, 1.54) is 12.1 Å². The molecule has 0 aliphatic heterocycles. The first kappa shape index (κ1) is 19.2. The largest absolute Gasteiger partial charge is 0.497 e. The van der Waals surface area contributed by atoms with Crippen molar-refractivity contribution < 1.29 is 19.2 Å². The van der Waals surface area contributed by atoms with E-state index in [4.69, 9.17) is 16.3 Å². The highest BCUT2D eigenvalue weighted by Gasteiger charge is 2.19. The third-order valence-electron chi connectivity index (χ3n) is 3.57. The smallest absolute Gasteiger partial charge is 0.313 e. The van der Waals surface area contributed by atoms with Gasteiger partial charge in [-0.3, -0.25) is 19.7 Å². The molecule has 0 saturated carbocycles. The van der Waals surface area contributed by atoms with Gasteiger partial charge in [-0.25, -0.2) is 0 Å². The van der Waals surface area contributed by atoms with Gasteiger partial charge in [0.2, 0.25) is 0 Å². The van der Waals surface area contributed by atoms with Gasteiger partial charge in [-0.15, -0.1) is 0 Å². The molecule has 2 N–H and O–H groups in total. The van der Waals surface area contributed by atoms with Crippen molar-refractivity contribution in [2.45, 2.75) is 13.0 Å². The summed E-state index contributed by atoms with van der Waals surface area (Å²) in [6.45, 7) is 1.72. The van der Waals surface area contributed by atoms with Crippen molar-refractivity contribution in [2.75, 3.05) is 12.4 Å². The summed E-state index contributed by atoms with van der Waals surface area (Å²) in [4.78, 5) is 34.2. The highest BCUT2D eigenvalue weighted by molar-refractivity contribution is 6.39. The summed E-state index contributed by atoms with van der Waals surface area (Å²) in [6, 6.07) is 10.3. The lowest BCUT2D eigenvalue weighted by atomic mass is 10.1. The number of anilines is 1. The predicted octanol–water partition coefficient (Wildman–Crippen LogP) is 3.07. The minimum absolute atomic E-state index is 0.0643. The van der Waals surface area contributed by atoms with Crippen LogP contribution >= 0.6 is 11.6 Å². The third kappa shape index (κ3) is 4.70. The van der Waals surface area contributed by atoms with Gasteiger partial charge < -0.3 is 15.4 Å². The summed E-state index contributed by atoms with van der Waals surface area (Å²) in [5.74, 6) is -1.14. The number of halogens is 1. The van der Waals surface area contributed by atoms with Crippen molar-refractivity contribution in [3.8, 4) is 5.75 Å². The number of benzene rings is 2. The second kappa shape index (κ2) is 8.30. The molecule has 1 atom stereocenters. The summed E-state index contributed by atoms with van der Waals surface area (Å²) in [7, 11) is 1.55. The molecule has 0 fully saturated rings. The Kier molecular flexibility index (Phi) is 6.13. The molecule has 2 aromatic carbocycles. The molecule has 0 heterocycles. The Balaban J connectivity index is 2.01. The summed E-state index contributed by atoms with van der Waals surface area (Å²) in [5.41, 5.74) is 0.518. The first-order valence-electron chi connectivity index (χ1n) is 7.51. The van der Waals surface area contributed by atoms with Crippen LogP contribution in [0.1, 0.15) is 18.5 Å². The Morgan fingerprint density at radius 2 is 1.81 bits per heavy atom. The molecule has 0 spiro atoms. The van der Waals surface area contributed by atoms with Crippen molar-refractivity contribution in [2.24, 2.45) is 0 Å². The quantitative estimate of drug-likeness (QED) is 0.472. The number of nitro benzene ring substituents is 1. The van der Waals surface area contributed by atoms with Gasteiger partial charge in [0.1, 0.15) is 10.8 Å². The number of rotatable bonds is 5. The Morgan fingerprint density at radius 1 is 1.15 bits per heavy atom. The molecular weight excluding hydrogens is 362 g/mol. The molecule has 26 heavy (non-hydrogen) atoms. The standard InChI is InChI=1S/C17H16ClN3O5/c1-10(11-3-6-13(26-2)7-4-11)19-16(22)17(23)20-12-5-8-14(18)15(9-12)21(24)25/h3-10H,1-2H3,(H,19,22)(H,20,23). The van der Waals surface area contributed by atoms with E-state index >= 15 is 0 Å². The van der Waals surface area contributed by atoms with E-state index < -0.39 is 22.8 Å². The number of carbonyl (C=O) groups is 2. The number of hydrogen-bond acceptors (Lipinski definition) is 5. The molecule has 9 heteroatoms. The van der Waals surface area contributed by atoms with Crippen LogP contribution in [0.4, 0.5) is 11.4 Å². The zero-order chi connectivity index (χ0) is 19.3. The van der Waals surface area contributed by atoms with Crippen molar-refractivity contribution in [3.63, 3.8) is 0 Å². The molecule has 0 saturated heterocycles. The minimum atomic E-state index is -0.943. The van der Waals surface area contributed by atoms with Crippen LogP contribution in [-0.4, -0.2) is 23.8 Å². The predicted molar refractivity (Wildman–Crippen MR) is 96.3 cm³/mol. The number of carbonyl (C=O) groups excluding carboxylic acids is 2. The van der Waals surface area contributed by atoms with Gasteiger partial charge in [-0.05, 0) is 36.8 Å². The van der Waals surface area contributed by atoms with Gasteiger partial charge in [0.25, 0.3) is 5.69 Å². The fourth-order valence-electron chi connectivity index (χ4n) is 2.16. The molecule has 2 rings (SSSR count). The molecule has 0 aliphatic carbocycles. The van der Waals surface area contributed by atoms with Gasteiger partial charge in [-0.2, -0.15) is 0 Å². The summed E-state index contributed by atoms with van der Waals surface area (Å²) >= 11 is 5.71. The maximum atomic E-state index is 12.0. The molecule has 1 unspecified atom stereocenters. The Hall–Kier alpha value is -3.13. The van der Waals surface area contributed by atoms with E-state index in [1.54, 1.807) is 38.3 Å². The van der Waals surface area contributed by atoms with Crippen LogP contribution < -0.4 is 15.4 Å². The number of ether oxygens (including phenoxy) is 1. The highest BCUT2D eigenvalue weighted by Crippen LogP contribution is 2.27. The van der Waals surface area contributed by atoms with Crippen molar-refractivity contribution in [1.29, 1.82) is 0 Å². The lowest BCUT2D eigenvalue weighted by Crippen LogP contribution is -2.36. The lowest BCUT2D eigenvalue weighted by molar-refractivity contribution is -0.384. The average molecular weight is 378 g/mol. The van der Waals surface area contributed by atoms with E-state index in [1.807, 2.05) is 0 Å². The van der Waals surface area contributed by atoms with Crippen LogP contribution in [0, 0.1) is 10.1 Å². The fraction of sp³-hybridized carbons (Fsp3) is 0.176. The molecule has 0 radical (unpaired) electrons. The van der Waals surface area contributed by atoms with Crippen LogP contribution in [0.15, 0.2) is 42.5 Å². The normalized spacial score (nSPS) is 11.3. The number of methoxy groups -OCH3 is 1. The van der Waals surface area contributed by atoms with Gasteiger partial charge in [0.05, 0.1) is 18.1 Å². The van der Waals surface area contributed by atoms with E-state index in [9.17, 15) is 19.7 Å². The van der Waals surface area contributed by atoms with Crippen molar-refractivity contribution in [1.82, 2.24) is 5.32 Å². The van der Waals surface area contributed by atoms with Crippen LogP contribution in [0.25, 0.3) is 0 Å². The summed E-state index contributed by atoms with van der Waals surface area (Å²) < 4.78 is 5.06. The van der Waals surface area contributed by atoms with E-state index in [0.717, 1.165) is 11.6 Å². The zero-order valence-corrected chi connectivity index (χ0v) is 14.7. The number of hydrogen-bond donors (Lipinski definition) is 2. The Morgan fingerprint density at radius 3 is 2.38 bits per heavy atom. The number of amides is 2. The second-order valence-corrected chi connectivity index (χ2v) is 5.75. The van der Waals surface area contributed by atoms with Crippen LogP contribution in [0.2, 0.25) is 5.02 Å². The highest BCUT2D eigenvalue weighted by atomic mass is 35.5. The van der Waals surface area contributed by atoms with E-state index in [2.05, 4.69) is 10.6 Å². The van der Waals surface area contributed by atoms with Crippen LogP contribution in [0.3, 0.4) is 0 Å². The Bertz CT molecular complexity index is 839. The molecule has 8 nitrogen and oxygen atoms in total. The van der Waals surface area contributed by atoms with Crippen molar-refractivity contribution in [3.05, 3.63) is 63.2 Å². The Labute approximate surface area is 154 Å². The zero-order valence-electron chi connectivity index (χ0n) is 14.0. The molecule has 2 aromatic rings. The summed E-state index contributed by atoms with van der Waals surface area (Å²) in [5, 5.41) is 15.7. The van der Waals surface area contributed by atoms with Gasteiger partial charge in [0, 0.05) is 11.8 Å². The number of nitro groups is 1. The fourth-order valence-corrected chi connectivity index (χ4v) is 2.34. The van der Waals surface area contributed by atoms with E-state index in [0.29, 0.717) is 5.75 Å². The summed E-state index contributed by atoms with van der Waals surface area (Å²) in [6.07, 6.45) is 0. The number of nitrogens with one attached hydrogen (secondary N) is 2. The molecule has 0 aliphatic rings. The SMILES string of the molecule is COc1ccc(C(C)NC(=O)C(=O)Nc2ccc(Cl)c([N+](=O)[O-])c2)cc1. The minimum Gasteiger partial charge on any atom is -0.497 e. The number of nitrogens with zero attached hydrogens (tertiary/aromatic N) is 1. The van der Waals surface area contributed by atoms with Gasteiger partial charge >= 0.3 is 11.8 Å². The molecule has 0 bridgehead atoms. The first-order valence-corrected chi connectivity index (χ1v) is 7.89. The second-order valence-electron chi connectivity index (χ2n) is 5.35. The molecule has 2 amide bonds. The average Bonchev–Trinajstić information content (AvgIpc) is 2.62. The first-order chi connectivity index (χ1) is 12.3. The maximum Gasteiger partial charge on any atom is 0.313 e.